The fraction of sp³-hybridized carbons (Fsp3) is 0.438. The third kappa shape index (κ3) is 11.5. The molecule has 50 heavy (non-hydrogen) atoms. The molecule has 276 valence electrons. The Hall–Kier alpha value is -4.06. The van der Waals surface area contributed by atoms with Gasteiger partial charge in [0.15, 0.2) is 11.4 Å². The number of nitrogens with zero attached hydrogens (tertiary/aromatic N) is 2. The van der Waals surface area contributed by atoms with Crippen LogP contribution in [0.25, 0.3) is 0 Å². The van der Waals surface area contributed by atoms with Crippen molar-refractivity contribution in [2.24, 2.45) is 0 Å². The monoisotopic (exact) mass is 752 g/mol. The highest BCUT2D eigenvalue weighted by atomic mass is 32.2. The van der Waals surface area contributed by atoms with Crippen LogP contribution in [-0.2, 0) is 45.2 Å². The first-order valence-corrected chi connectivity index (χ1v) is 18.7. The van der Waals surface area contributed by atoms with Crippen LogP contribution in [0.3, 0.4) is 0 Å². The minimum Gasteiger partial charge on any atom is -0.337 e. The van der Waals surface area contributed by atoms with Gasteiger partial charge in [0.2, 0.25) is 11.8 Å². The number of rotatable bonds is 16. The maximum absolute atomic E-state index is 13.1. The molecular weight excluding hydrogens is 714 g/mol. The Morgan fingerprint density at radius 3 is 1.20 bits per heavy atom. The molecule has 0 atom stereocenters. The molecule has 0 unspecified atom stereocenters. The van der Waals surface area contributed by atoms with E-state index in [1.54, 1.807) is 12.1 Å². The van der Waals surface area contributed by atoms with Crippen LogP contribution in [0.5, 0.6) is 0 Å². The van der Waals surface area contributed by atoms with E-state index in [9.17, 15) is 43.2 Å². The summed E-state index contributed by atoms with van der Waals surface area (Å²) in [5.74, 6) is -0.958. The molecule has 4 rings (SSSR count). The molecule has 4 aromatic rings. The van der Waals surface area contributed by atoms with Crippen LogP contribution in [0.2, 0.25) is 0 Å². The van der Waals surface area contributed by atoms with Gasteiger partial charge in [0.25, 0.3) is 20.0 Å². The van der Waals surface area contributed by atoms with Crippen molar-refractivity contribution in [1.82, 2.24) is 10.3 Å². The highest BCUT2D eigenvalue weighted by molar-refractivity contribution is 7.93. The smallest absolute Gasteiger partial charge is 0.337 e. The van der Waals surface area contributed by atoms with Crippen LogP contribution in [0.4, 0.5) is 38.1 Å². The van der Waals surface area contributed by atoms with E-state index >= 15 is 0 Å². The van der Waals surface area contributed by atoms with Gasteiger partial charge in [-0.1, -0.05) is 99.1 Å². The highest BCUT2D eigenvalue weighted by Gasteiger charge is 2.41. The van der Waals surface area contributed by atoms with Gasteiger partial charge in [0.05, 0.1) is 20.9 Å². The van der Waals surface area contributed by atoms with Crippen LogP contribution < -0.4 is 9.44 Å². The van der Waals surface area contributed by atoms with E-state index in [1.807, 2.05) is 13.8 Å². The van der Waals surface area contributed by atoms with Crippen LogP contribution >= 0.6 is 0 Å². The second-order valence-corrected chi connectivity index (χ2v) is 14.5. The number of aromatic nitrogens is 2. The summed E-state index contributed by atoms with van der Waals surface area (Å²) >= 11 is 0. The van der Waals surface area contributed by atoms with E-state index in [2.05, 4.69) is 28.8 Å². The summed E-state index contributed by atoms with van der Waals surface area (Å²) in [7, 11) is -8.11. The molecule has 2 aromatic carbocycles. The van der Waals surface area contributed by atoms with Crippen molar-refractivity contribution >= 4 is 31.8 Å². The number of hydrogen-bond donors (Lipinski definition) is 2. The normalized spacial score (nSPS) is 12.3. The molecule has 0 saturated carbocycles. The van der Waals surface area contributed by atoms with Crippen LogP contribution in [0.15, 0.2) is 79.5 Å². The van der Waals surface area contributed by atoms with E-state index in [0.29, 0.717) is 12.8 Å². The van der Waals surface area contributed by atoms with Crippen LogP contribution in [0, 0.1) is 0 Å². The molecule has 0 aliphatic heterocycles. The van der Waals surface area contributed by atoms with Gasteiger partial charge in [0, 0.05) is 0 Å². The Bertz CT molecular complexity index is 1710. The lowest BCUT2D eigenvalue weighted by Gasteiger charge is -2.09. The minimum atomic E-state index is -4.71. The number of sulfonamides is 2. The molecule has 0 aliphatic carbocycles. The zero-order valence-corrected chi connectivity index (χ0v) is 28.9. The fourth-order valence-electron chi connectivity index (χ4n) is 4.71. The summed E-state index contributed by atoms with van der Waals surface area (Å²) < 4.78 is 141. The number of hydrogen-bond acceptors (Lipinski definition) is 8. The molecule has 10 nitrogen and oxygen atoms in total. The highest BCUT2D eigenvalue weighted by Crippen LogP contribution is 2.37. The summed E-state index contributed by atoms with van der Waals surface area (Å²) in [6.07, 6.45) is -3.26. The zero-order valence-electron chi connectivity index (χ0n) is 27.3. The molecule has 18 heteroatoms. The van der Waals surface area contributed by atoms with Crippen LogP contribution in [-0.4, -0.2) is 27.1 Å². The Morgan fingerprint density at radius 2 is 0.900 bits per heavy atom. The first-order valence-electron chi connectivity index (χ1n) is 15.8. The molecule has 0 amide bonds. The Morgan fingerprint density at radius 1 is 0.560 bits per heavy atom. The van der Waals surface area contributed by atoms with Crippen LogP contribution in [0.1, 0.15) is 87.7 Å². The molecule has 2 aromatic heterocycles. The predicted octanol–water partition coefficient (Wildman–Crippen LogP) is 9.23. The average Bonchev–Trinajstić information content (AvgIpc) is 3.66. The lowest BCUT2D eigenvalue weighted by atomic mass is 10.1. The second kappa shape index (κ2) is 17.7. The average molecular weight is 753 g/mol. The van der Waals surface area contributed by atoms with Crippen molar-refractivity contribution in [2.45, 2.75) is 100 Å². The topological polar surface area (TPSA) is 144 Å². The molecule has 2 heterocycles. The SMILES string of the molecule is CCCCCCc1c(C(F)(F)F)noc1NS(=O)(=O)c1ccccc1.CCCCCCc1c(C(F)(F)F)noc1NS(=O)(=O)c1ccccc1. The second-order valence-electron chi connectivity index (χ2n) is 11.1. The number of unbranched alkanes of at least 4 members (excludes halogenated alkanes) is 6. The minimum absolute atomic E-state index is 0.0327. The standard InChI is InChI=1S/2C16H19F3N2O3S/c2*1-2-3-4-8-11-13-14(16(17,18)19)20-24-15(13)21-25(22,23)12-9-6-5-7-10-12/h2*5-7,9-10,21H,2-4,8,11H2,1H3. The Balaban J connectivity index is 0.000000270. The van der Waals surface area contributed by atoms with Gasteiger partial charge in [-0.25, -0.2) is 26.3 Å². The first-order chi connectivity index (χ1) is 23.5. The molecule has 2 N–H and O–H groups in total. The maximum atomic E-state index is 13.1. The molecular formula is C32H38F6N4O6S2. The Labute approximate surface area is 286 Å². The third-order valence-electron chi connectivity index (χ3n) is 7.24. The first kappa shape index (κ1) is 40.4. The van der Waals surface area contributed by atoms with Crippen molar-refractivity contribution in [3.63, 3.8) is 0 Å². The lowest BCUT2D eigenvalue weighted by Crippen LogP contribution is -2.15. The number of alkyl halides is 6. The van der Waals surface area contributed by atoms with E-state index in [-0.39, 0.29) is 33.8 Å². The summed E-state index contributed by atoms with van der Waals surface area (Å²) in [5.41, 5.74) is -2.89. The molecule has 0 bridgehead atoms. The largest absolute Gasteiger partial charge is 0.437 e. The molecule has 0 radical (unpaired) electrons. The fourth-order valence-corrected chi connectivity index (χ4v) is 6.78. The summed E-state index contributed by atoms with van der Waals surface area (Å²) in [5, 5.41) is 6.07. The number of benzene rings is 2. The molecule has 0 saturated heterocycles. The quantitative estimate of drug-likeness (QED) is 0.0852. The van der Waals surface area contributed by atoms with Gasteiger partial charge in [-0.3, -0.25) is 0 Å². The van der Waals surface area contributed by atoms with Crippen molar-refractivity contribution in [3.8, 4) is 0 Å². The van der Waals surface area contributed by atoms with E-state index in [4.69, 9.17) is 0 Å². The van der Waals surface area contributed by atoms with E-state index < -0.39 is 55.6 Å². The predicted molar refractivity (Wildman–Crippen MR) is 173 cm³/mol. The molecule has 0 fully saturated rings. The Kier molecular flexibility index (Phi) is 14.3. The van der Waals surface area contributed by atoms with Crippen molar-refractivity contribution in [3.05, 3.63) is 83.2 Å². The van der Waals surface area contributed by atoms with Gasteiger partial charge >= 0.3 is 12.4 Å². The number of anilines is 2. The van der Waals surface area contributed by atoms with Gasteiger partial charge in [-0.2, -0.15) is 26.3 Å². The van der Waals surface area contributed by atoms with E-state index in [1.165, 1.54) is 48.5 Å². The van der Waals surface area contributed by atoms with Gasteiger partial charge in [-0.15, -0.1) is 0 Å². The maximum Gasteiger partial charge on any atom is 0.437 e. The van der Waals surface area contributed by atoms with E-state index in [0.717, 1.165) is 38.5 Å². The van der Waals surface area contributed by atoms with Crippen molar-refractivity contribution in [1.29, 1.82) is 0 Å². The lowest BCUT2D eigenvalue weighted by molar-refractivity contribution is -0.144. The zero-order chi connectivity index (χ0) is 37.0. The summed E-state index contributed by atoms with van der Waals surface area (Å²) in [6.45, 7) is 3.97. The van der Waals surface area contributed by atoms with Crippen molar-refractivity contribution < 1.29 is 52.2 Å². The van der Waals surface area contributed by atoms with Gasteiger partial charge in [-0.05, 0) is 49.9 Å². The summed E-state index contributed by atoms with van der Waals surface area (Å²) in [6, 6.07) is 14.7. The van der Waals surface area contributed by atoms with Crippen molar-refractivity contribution in [2.75, 3.05) is 9.44 Å². The number of nitrogens with one attached hydrogen (secondary N) is 2. The number of halogens is 6. The third-order valence-corrected chi connectivity index (χ3v) is 9.93. The van der Waals surface area contributed by atoms with Gasteiger partial charge < -0.3 is 9.05 Å². The van der Waals surface area contributed by atoms with Gasteiger partial charge in [0.1, 0.15) is 0 Å². The summed E-state index contributed by atoms with van der Waals surface area (Å²) in [4.78, 5) is -0.145. The molecule has 0 aliphatic rings. The molecule has 0 spiro atoms.